The van der Waals surface area contributed by atoms with Gasteiger partial charge in [0.15, 0.2) is 0 Å². The van der Waals surface area contributed by atoms with E-state index in [1.54, 1.807) is 12.1 Å². The Morgan fingerprint density at radius 1 is 1.44 bits per heavy atom. The summed E-state index contributed by atoms with van der Waals surface area (Å²) in [5.41, 5.74) is 0.169. The molecule has 0 saturated heterocycles. The molecule has 2 rings (SSSR count). The molecule has 18 heavy (non-hydrogen) atoms. The van der Waals surface area contributed by atoms with E-state index >= 15 is 0 Å². The molecule has 1 aromatic heterocycles. The lowest BCUT2D eigenvalue weighted by Crippen LogP contribution is -2.04. The Morgan fingerprint density at radius 3 is 2.72 bits per heavy atom. The number of rotatable bonds is 3. The molecule has 0 fully saturated rings. The number of methoxy groups -OCH3 is 1. The van der Waals surface area contributed by atoms with Gasteiger partial charge in [-0.15, -0.1) is 11.3 Å². The van der Waals surface area contributed by atoms with Crippen molar-refractivity contribution in [1.82, 2.24) is 0 Å². The molecule has 0 radical (unpaired) electrons. The molecule has 1 heterocycles. The Kier molecular flexibility index (Phi) is 4.04. The van der Waals surface area contributed by atoms with Crippen molar-refractivity contribution in [2.24, 2.45) is 0 Å². The molecule has 2 aromatic rings. The van der Waals surface area contributed by atoms with Crippen molar-refractivity contribution in [2.45, 2.75) is 13.0 Å². The van der Waals surface area contributed by atoms with Gasteiger partial charge in [-0.2, -0.15) is 0 Å². The van der Waals surface area contributed by atoms with Crippen molar-refractivity contribution in [3.05, 3.63) is 49.9 Å². The van der Waals surface area contributed by atoms with Crippen LogP contribution in [0.15, 0.2) is 28.7 Å². The molecule has 1 atom stereocenters. The maximum Gasteiger partial charge on any atom is 0.133 e. The number of halogens is 2. The first-order chi connectivity index (χ1) is 8.54. The van der Waals surface area contributed by atoms with Gasteiger partial charge in [0.1, 0.15) is 17.7 Å². The lowest BCUT2D eigenvalue weighted by molar-refractivity contribution is 0.212. The predicted molar refractivity (Wildman–Crippen MR) is 73.8 cm³/mol. The Morgan fingerprint density at radius 2 is 2.17 bits per heavy atom. The van der Waals surface area contributed by atoms with E-state index in [1.165, 1.54) is 24.5 Å². The maximum absolute atomic E-state index is 13.9. The van der Waals surface area contributed by atoms with E-state index in [2.05, 4.69) is 15.9 Å². The van der Waals surface area contributed by atoms with Crippen LogP contribution in [0.5, 0.6) is 5.75 Å². The van der Waals surface area contributed by atoms with Crippen molar-refractivity contribution in [2.75, 3.05) is 7.11 Å². The van der Waals surface area contributed by atoms with Gasteiger partial charge >= 0.3 is 0 Å². The minimum absolute atomic E-state index is 0.169. The average Bonchev–Trinajstić information content (AvgIpc) is 2.67. The van der Waals surface area contributed by atoms with Gasteiger partial charge in [0, 0.05) is 9.35 Å². The first kappa shape index (κ1) is 13.5. The third-order valence-corrected chi connectivity index (χ3v) is 4.61. The van der Waals surface area contributed by atoms with Crippen molar-refractivity contribution >= 4 is 27.3 Å². The van der Waals surface area contributed by atoms with E-state index in [9.17, 15) is 9.50 Å². The molecule has 2 nitrogen and oxygen atoms in total. The summed E-state index contributed by atoms with van der Waals surface area (Å²) in [6, 6.07) is 6.40. The van der Waals surface area contributed by atoms with E-state index in [4.69, 9.17) is 4.74 Å². The number of hydrogen-bond donors (Lipinski definition) is 1. The van der Waals surface area contributed by atoms with Crippen LogP contribution in [0, 0.1) is 12.7 Å². The van der Waals surface area contributed by atoms with E-state index in [0.717, 1.165) is 9.35 Å². The summed E-state index contributed by atoms with van der Waals surface area (Å²) < 4.78 is 19.7. The smallest absolute Gasteiger partial charge is 0.133 e. The number of aliphatic hydroxyl groups is 1. The summed E-state index contributed by atoms with van der Waals surface area (Å²) in [4.78, 5) is 1.72. The zero-order valence-electron chi connectivity index (χ0n) is 9.91. The zero-order valence-corrected chi connectivity index (χ0v) is 12.3. The zero-order chi connectivity index (χ0) is 13.3. The van der Waals surface area contributed by atoms with Crippen molar-refractivity contribution in [3.63, 3.8) is 0 Å². The fourth-order valence-electron chi connectivity index (χ4n) is 1.78. The highest BCUT2D eigenvalue weighted by Crippen LogP contribution is 2.39. The fraction of sp³-hybridized carbons (Fsp3) is 0.231. The third kappa shape index (κ3) is 2.43. The first-order valence-corrected chi connectivity index (χ1v) is 6.91. The standard InChI is InChI=1S/C13H12BrFO2S/c1-7-6-8(14)13(18-7)12(16)11-9(15)4-3-5-10(11)17-2/h3-6,12,16H,1-2H3. The van der Waals surface area contributed by atoms with Gasteiger partial charge in [-0.25, -0.2) is 4.39 Å². The van der Waals surface area contributed by atoms with Crippen LogP contribution in [0.25, 0.3) is 0 Å². The quantitative estimate of drug-likeness (QED) is 0.919. The molecule has 5 heteroatoms. The van der Waals surface area contributed by atoms with E-state index in [-0.39, 0.29) is 5.56 Å². The molecule has 0 aliphatic carbocycles. The number of thiophene rings is 1. The number of aryl methyl sites for hydroxylation is 1. The SMILES string of the molecule is COc1cccc(F)c1C(O)c1sc(C)cc1Br. The van der Waals surface area contributed by atoms with Gasteiger partial charge in [-0.05, 0) is 41.1 Å². The highest BCUT2D eigenvalue weighted by Gasteiger charge is 2.23. The summed E-state index contributed by atoms with van der Waals surface area (Å²) in [5, 5.41) is 10.3. The average molecular weight is 331 g/mol. The van der Waals surface area contributed by atoms with Crippen LogP contribution < -0.4 is 4.74 Å². The Bertz CT molecular complexity index is 568. The molecular weight excluding hydrogens is 319 g/mol. The van der Waals surface area contributed by atoms with Crippen LogP contribution in [-0.4, -0.2) is 12.2 Å². The summed E-state index contributed by atoms with van der Waals surface area (Å²) in [5.74, 6) is -0.125. The fourth-order valence-corrected chi connectivity index (χ4v) is 3.64. The van der Waals surface area contributed by atoms with Crippen molar-refractivity contribution < 1.29 is 14.2 Å². The molecule has 0 amide bonds. The molecule has 0 aliphatic heterocycles. The monoisotopic (exact) mass is 330 g/mol. The van der Waals surface area contributed by atoms with Crippen LogP contribution in [0.4, 0.5) is 4.39 Å². The minimum atomic E-state index is -1.03. The highest BCUT2D eigenvalue weighted by atomic mass is 79.9. The minimum Gasteiger partial charge on any atom is -0.496 e. The van der Waals surface area contributed by atoms with Crippen LogP contribution in [0.3, 0.4) is 0 Å². The van der Waals surface area contributed by atoms with Gasteiger partial charge in [0.25, 0.3) is 0 Å². The van der Waals surface area contributed by atoms with Crippen molar-refractivity contribution in [1.29, 1.82) is 0 Å². The van der Waals surface area contributed by atoms with Gasteiger partial charge in [-0.3, -0.25) is 0 Å². The van der Waals surface area contributed by atoms with Crippen LogP contribution in [0.1, 0.15) is 21.4 Å². The lowest BCUT2D eigenvalue weighted by Gasteiger charge is -2.15. The molecule has 0 bridgehead atoms. The molecule has 1 unspecified atom stereocenters. The van der Waals surface area contributed by atoms with Gasteiger partial charge < -0.3 is 9.84 Å². The predicted octanol–water partition coefficient (Wildman–Crippen LogP) is 4.05. The van der Waals surface area contributed by atoms with E-state index < -0.39 is 11.9 Å². The van der Waals surface area contributed by atoms with Gasteiger partial charge in [0.05, 0.1) is 17.6 Å². The second-order valence-corrected chi connectivity index (χ2v) is 5.97. The van der Waals surface area contributed by atoms with Crippen LogP contribution >= 0.6 is 27.3 Å². The van der Waals surface area contributed by atoms with Crippen LogP contribution in [-0.2, 0) is 0 Å². The third-order valence-electron chi connectivity index (χ3n) is 2.59. The Balaban J connectivity index is 2.52. The lowest BCUT2D eigenvalue weighted by atomic mass is 10.1. The summed E-state index contributed by atoms with van der Waals surface area (Å²) in [6.07, 6.45) is -1.03. The normalized spacial score (nSPS) is 12.5. The van der Waals surface area contributed by atoms with Crippen LogP contribution in [0.2, 0.25) is 0 Å². The first-order valence-electron chi connectivity index (χ1n) is 5.31. The largest absolute Gasteiger partial charge is 0.496 e. The molecule has 0 aliphatic rings. The number of ether oxygens (including phenoxy) is 1. The Hall–Kier alpha value is -0.910. The summed E-state index contributed by atoms with van der Waals surface area (Å²) >= 11 is 4.80. The van der Waals surface area contributed by atoms with E-state index in [0.29, 0.717) is 10.6 Å². The highest BCUT2D eigenvalue weighted by molar-refractivity contribution is 9.10. The molecule has 96 valence electrons. The van der Waals surface area contributed by atoms with E-state index in [1.807, 2.05) is 13.0 Å². The number of aliphatic hydroxyl groups excluding tert-OH is 1. The second kappa shape index (κ2) is 5.38. The summed E-state index contributed by atoms with van der Waals surface area (Å²) in [7, 11) is 1.46. The molecule has 0 spiro atoms. The Labute approximate surface area is 117 Å². The number of hydrogen-bond acceptors (Lipinski definition) is 3. The molecule has 1 N–H and O–H groups in total. The number of benzene rings is 1. The molecule has 0 saturated carbocycles. The topological polar surface area (TPSA) is 29.5 Å². The molecule has 1 aromatic carbocycles. The van der Waals surface area contributed by atoms with Gasteiger partial charge in [-0.1, -0.05) is 6.07 Å². The molecular formula is C13H12BrFO2S. The second-order valence-electron chi connectivity index (χ2n) is 3.83. The maximum atomic E-state index is 13.9. The summed E-state index contributed by atoms with van der Waals surface area (Å²) in [6.45, 7) is 1.93. The van der Waals surface area contributed by atoms with Gasteiger partial charge in [0.2, 0.25) is 0 Å². The van der Waals surface area contributed by atoms with Crippen molar-refractivity contribution in [3.8, 4) is 5.75 Å².